The monoisotopic (exact) mass is 420 g/mol. The second-order valence-electron chi connectivity index (χ2n) is 5.49. The summed E-state index contributed by atoms with van der Waals surface area (Å²) >= 11 is 0. The van der Waals surface area contributed by atoms with Crippen LogP contribution in [0.25, 0.3) is 0 Å². The summed E-state index contributed by atoms with van der Waals surface area (Å²) in [4.78, 5) is 16.1. The van der Waals surface area contributed by atoms with E-state index in [2.05, 4.69) is 15.6 Å². The summed E-state index contributed by atoms with van der Waals surface area (Å²) in [6, 6.07) is 1.77. The molecule has 1 fully saturated rings. The van der Waals surface area contributed by atoms with Crippen LogP contribution in [0.5, 0.6) is 0 Å². The fourth-order valence-corrected chi connectivity index (χ4v) is 2.15. The quantitative estimate of drug-likeness (QED) is 0.273. The molecule has 6 nitrogen and oxygen atoms in total. The SMILES string of the molecule is Cc1ccoc1C(=O)NCCCNC(N)=NCC1CCC1.I. The van der Waals surface area contributed by atoms with Crippen molar-refractivity contribution < 1.29 is 9.21 Å². The number of aliphatic imine (C=N–C) groups is 1. The fourth-order valence-electron chi connectivity index (χ4n) is 2.15. The van der Waals surface area contributed by atoms with Gasteiger partial charge in [0.25, 0.3) is 5.91 Å². The number of hydrogen-bond acceptors (Lipinski definition) is 3. The largest absolute Gasteiger partial charge is 0.459 e. The Kier molecular flexibility index (Phi) is 8.29. The van der Waals surface area contributed by atoms with Gasteiger partial charge in [0, 0.05) is 25.2 Å². The second-order valence-corrected chi connectivity index (χ2v) is 5.49. The van der Waals surface area contributed by atoms with Crippen LogP contribution in [-0.2, 0) is 0 Å². The van der Waals surface area contributed by atoms with Crippen LogP contribution in [0, 0.1) is 12.8 Å². The highest BCUT2D eigenvalue weighted by atomic mass is 127. The van der Waals surface area contributed by atoms with Gasteiger partial charge in [0.1, 0.15) is 0 Å². The van der Waals surface area contributed by atoms with Gasteiger partial charge in [0.2, 0.25) is 0 Å². The van der Waals surface area contributed by atoms with E-state index in [1.54, 1.807) is 6.07 Å². The summed E-state index contributed by atoms with van der Waals surface area (Å²) in [5.41, 5.74) is 6.62. The third-order valence-electron chi connectivity index (χ3n) is 3.76. The van der Waals surface area contributed by atoms with Crippen LogP contribution in [0.4, 0.5) is 0 Å². The molecule has 0 unspecified atom stereocenters. The zero-order valence-corrected chi connectivity index (χ0v) is 15.3. The highest BCUT2D eigenvalue weighted by molar-refractivity contribution is 14.0. The van der Waals surface area contributed by atoms with E-state index in [-0.39, 0.29) is 29.9 Å². The Labute approximate surface area is 148 Å². The van der Waals surface area contributed by atoms with Crippen molar-refractivity contribution in [3.8, 4) is 0 Å². The van der Waals surface area contributed by atoms with Gasteiger partial charge in [-0.25, -0.2) is 0 Å². The standard InChI is InChI=1S/C15H24N4O2.HI/c1-11-6-9-21-13(11)14(20)17-7-3-8-18-15(16)19-10-12-4-2-5-12;/h6,9,12H,2-5,7-8,10H2,1H3,(H,17,20)(H3,16,18,19);1H. The minimum atomic E-state index is -0.177. The molecule has 4 N–H and O–H groups in total. The van der Waals surface area contributed by atoms with Crippen LogP contribution >= 0.6 is 24.0 Å². The molecular formula is C15H25IN4O2. The lowest BCUT2D eigenvalue weighted by molar-refractivity contribution is 0.0925. The van der Waals surface area contributed by atoms with E-state index in [9.17, 15) is 4.79 Å². The number of carbonyl (C=O) groups excluding carboxylic acids is 1. The van der Waals surface area contributed by atoms with Gasteiger partial charge in [-0.2, -0.15) is 0 Å². The van der Waals surface area contributed by atoms with E-state index in [4.69, 9.17) is 10.2 Å². The molecule has 1 aromatic heterocycles. The maximum atomic E-state index is 11.8. The molecule has 0 aromatic carbocycles. The van der Waals surface area contributed by atoms with Gasteiger partial charge in [-0.05, 0) is 38.2 Å². The van der Waals surface area contributed by atoms with Crippen molar-refractivity contribution in [1.29, 1.82) is 0 Å². The van der Waals surface area contributed by atoms with Crippen LogP contribution in [0.2, 0.25) is 0 Å². The average molecular weight is 420 g/mol. The van der Waals surface area contributed by atoms with Crippen molar-refractivity contribution in [2.24, 2.45) is 16.6 Å². The molecular weight excluding hydrogens is 395 g/mol. The zero-order valence-electron chi connectivity index (χ0n) is 12.9. The molecule has 1 heterocycles. The second kappa shape index (κ2) is 9.70. The number of carbonyl (C=O) groups is 1. The van der Waals surface area contributed by atoms with Crippen LogP contribution in [-0.4, -0.2) is 31.5 Å². The van der Waals surface area contributed by atoms with Gasteiger partial charge < -0.3 is 20.8 Å². The molecule has 2 rings (SSSR count). The molecule has 1 aliphatic carbocycles. The van der Waals surface area contributed by atoms with Crippen LogP contribution in [0.1, 0.15) is 41.8 Å². The van der Waals surface area contributed by atoms with Gasteiger partial charge in [0.15, 0.2) is 11.7 Å². The molecule has 1 aromatic rings. The zero-order chi connectivity index (χ0) is 15.1. The summed E-state index contributed by atoms with van der Waals surface area (Å²) in [6.07, 6.45) is 6.17. The van der Waals surface area contributed by atoms with Crippen molar-refractivity contribution in [2.75, 3.05) is 19.6 Å². The number of amides is 1. The lowest BCUT2D eigenvalue weighted by Gasteiger charge is -2.23. The first-order chi connectivity index (χ1) is 10.2. The van der Waals surface area contributed by atoms with Crippen LogP contribution in [0.15, 0.2) is 21.7 Å². The van der Waals surface area contributed by atoms with Gasteiger partial charge >= 0.3 is 0 Å². The van der Waals surface area contributed by atoms with E-state index in [0.717, 1.165) is 24.4 Å². The number of aryl methyl sites for hydroxylation is 1. The van der Waals surface area contributed by atoms with Crippen molar-refractivity contribution in [3.05, 3.63) is 23.7 Å². The smallest absolute Gasteiger partial charge is 0.287 e. The Morgan fingerprint density at radius 2 is 2.14 bits per heavy atom. The van der Waals surface area contributed by atoms with Crippen molar-refractivity contribution in [2.45, 2.75) is 32.6 Å². The van der Waals surface area contributed by atoms with Crippen molar-refractivity contribution in [3.63, 3.8) is 0 Å². The number of nitrogens with zero attached hydrogens (tertiary/aromatic N) is 1. The van der Waals surface area contributed by atoms with Crippen molar-refractivity contribution in [1.82, 2.24) is 10.6 Å². The minimum absolute atomic E-state index is 0. The van der Waals surface area contributed by atoms with E-state index >= 15 is 0 Å². The van der Waals surface area contributed by atoms with E-state index in [1.165, 1.54) is 25.5 Å². The minimum Gasteiger partial charge on any atom is -0.459 e. The molecule has 0 radical (unpaired) electrons. The van der Waals surface area contributed by atoms with Gasteiger partial charge in [-0.15, -0.1) is 24.0 Å². The Morgan fingerprint density at radius 3 is 2.73 bits per heavy atom. The van der Waals surface area contributed by atoms with Crippen molar-refractivity contribution >= 4 is 35.8 Å². The molecule has 0 bridgehead atoms. The number of guanidine groups is 1. The molecule has 0 saturated heterocycles. The van der Waals surface area contributed by atoms with Gasteiger partial charge in [-0.1, -0.05) is 6.42 Å². The lowest BCUT2D eigenvalue weighted by atomic mass is 9.86. The predicted octanol–water partition coefficient (Wildman–Crippen LogP) is 2.03. The lowest BCUT2D eigenvalue weighted by Crippen LogP contribution is -2.35. The number of nitrogens with one attached hydrogen (secondary N) is 2. The van der Waals surface area contributed by atoms with E-state index < -0.39 is 0 Å². The number of nitrogens with two attached hydrogens (primary N) is 1. The third kappa shape index (κ3) is 5.86. The normalized spacial score (nSPS) is 14.9. The number of halogens is 1. The Morgan fingerprint density at radius 1 is 1.41 bits per heavy atom. The molecule has 7 heteroatoms. The highest BCUT2D eigenvalue weighted by Crippen LogP contribution is 2.26. The average Bonchev–Trinajstić information content (AvgIpc) is 2.82. The number of hydrogen-bond donors (Lipinski definition) is 3. The molecule has 1 amide bonds. The molecule has 1 saturated carbocycles. The molecule has 0 aliphatic heterocycles. The Balaban J connectivity index is 0.00000242. The van der Waals surface area contributed by atoms with Crippen LogP contribution < -0.4 is 16.4 Å². The molecule has 124 valence electrons. The molecule has 0 atom stereocenters. The van der Waals surface area contributed by atoms with Gasteiger partial charge in [0.05, 0.1) is 6.26 Å². The first-order valence-corrected chi connectivity index (χ1v) is 7.53. The highest BCUT2D eigenvalue weighted by Gasteiger charge is 2.16. The molecule has 1 aliphatic rings. The maximum Gasteiger partial charge on any atom is 0.287 e. The summed E-state index contributed by atoms with van der Waals surface area (Å²) in [5, 5.41) is 5.87. The topological polar surface area (TPSA) is 92.7 Å². The maximum absolute atomic E-state index is 11.8. The van der Waals surface area contributed by atoms with E-state index in [0.29, 0.717) is 24.8 Å². The summed E-state index contributed by atoms with van der Waals surface area (Å²) in [5.74, 6) is 1.42. The fraction of sp³-hybridized carbons (Fsp3) is 0.600. The number of furan rings is 1. The summed E-state index contributed by atoms with van der Waals surface area (Å²) in [7, 11) is 0. The first kappa shape index (κ1) is 18.8. The Bertz CT molecular complexity index is 497. The predicted molar refractivity (Wildman–Crippen MR) is 97.6 cm³/mol. The Hall–Kier alpha value is -1.25. The number of rotatable bonds is 7. The van der Waals surface area contributed by atoms with Crippen LogP contribution in [0.3, 0.4) is 0 Å². The summed E-state index contributed by atoms with van der Waals surface area (Å²) < 4.78 is 5.12. The third-order valence-corrected chi connectivity index (χ3v) is 3.76. The van der Waals surface area contributed by atoms with Gasteiger partial charge in [-0.3, -0.25) is 9.79 Å². The molecule has 22 heavy (non-hydrogen) atoms. The first-order valence-electron chi connectivity index (χ1n) is 7.53. The molecule has 0 spiro atoms. The van der Waals surface area contributed by atoms with E-state index in [1.807, 2.05) is 6.92 Å². The summed E-state index contributed by atoms with van der Waals surface area (Å²) in [6.45, 7) is 3.94.